The molecule has 0 amide bonds. The summed E-state index contributed by atoms with van der Waals surface area (Å²) in [5.41, 5.74) is 1.75. The van der Waals surface area contributed by atoms with Gasteiger partial charge in [0.15, 0.2) is 0 Å². The maximum atomic E-state index is 12.6. The van der Waals surface area contributed by atoms with Crippen molar-refractivity contribution in [1.82, 2.24) is 4.57 Å². The molecule has 2 aromatic rings. The third-order valence-corrected chi connectivity index (χ3v) is 4.10. The van der Waals surface area contributed by atoms with Crippen molar-refractivity contribution in [2.75, 3.05) is 0 Å². The molecule has 0 aliphatic carbocycles. The SMILES string of the molecule is O=C(c1cccc(Cl)c1)c1ccc2n1CCCC2C(=O)O. The van der Waals surface area contributed by atoms with Gasteiger partial charge in [-0.15, -0.1) is 0 Å². The summed E-state index contributed by atoms with van der Waals surface area (Å²) in [6.07, 6.45) is 1.37. The van der Waals surface area contributed by atoms with E-state index in [1.165, 1.54) is 0 Å². The van der Waals surface area contributed by atoms with Gasteiger partial charge in [-0.25, -0.2) is 0 Å². The fourth-order valence-electron chi connectivity index (χ4n) is 2.86. The number of rotatable bonds is 3. The first-order valence-corrected chi connectivity index (χ1v) is 7.18. The third kappa shape index (κ3) is 2.47. The number of carboxylic acid groups (broad SMARTS) is 1. The number of fused-ring (bicyclic) bond motifs is 1. The highest BCUT2D eigenvalue weighted by molar-refractivity contribution is 6.31. The molecule has 1 N–H and O–H groups in total. The van der Waals surface area contributed by atoms with Crippen molar-refractivity contribution < 1.29 is 14.7 Å². The third-order valence-electron chi connectivity index (χ3n) is 3.86. The van der Waals surface area contributed by atoms with Gasteiger partial charge in [0.1, 0.15) is 0 Å². The Balaban J connectivity index is 2.01. The van der Waals surface area contributed by atoms with E-state index in [4.69, 9.17) is 11.6 Å². The first-order valence-electron chi connectivity index (χ1n) is 6.80. The smallest absolute Gasteiger partial charge is 0.312 e. The van der Waals surface area contributed by atoms with Crippen molar-refractivity contribution in [3.63, 3.8) is 0 Å². The predicted octanol–water partition coefficient (Wildman–Crippen LogP) is 3.33. The van der Waals surface area contributed by atoms with Crippen LogP contribution >= 0.6 is 11.6 Å². The average molecular weight is 304 g/mol. The number of ketones is 1. The minimum atomic E-state index is -0.837. The van der Waals surface area contributed by atoms with Crippen LogP contribution in [0.1, 0.15) is 40.5 Å². The van der Waals surface area contributed by atoms with Crippen LogP contribution in [-0.4, -0.2) is 21.4 Å². The number of aromatic nitrogens is 1. The molecule has 1 aromatic heterocycles. The Kier molecular flexibility index (Phi) is 3.55. The molecule has 0 saturated carbocycles. The average Bonchev–Trinajstić information content (AvgIpc) is 2.90. The zero-order valence-corrected chi connectivity index (χ0v) is 12.0. The lowest BCUT2D eigenvalue weighted by atomic mass is 9.96. The first-order chi connectivity index (χ1) is 10.1. The predicted molar refractivity (Wildman–Crippen MR) is 78.9 cm³/mol. The number of carbonyl (C=O) groups excluding carboxylic acids is 1. The van der Waals surface area contributed by atoms with Crippen molar-refractivity contribution in [3.05, 3.63) is 58.4 Å². The molecule has 5 heteroatoms. The van der Waals surface area contributed by atoms with E-state index in [9.17, 15) is 14.7 Å². The molecule has 0 radical (unpaired) electrons. The van der Waals surface area contributed by atoms with Crippen LogP contribution in [0.15, 0.2) is 36.4 Å². The minimum absolute atomic E-state index is 0.130. The Morgan fingerprint density at radius 2 is 2.05 bits per heavy atom. The zero-order chi connectivity index (χ0) is 15.0. The van der Waals surface area contributed by atoms with Crippen molar-refractivity contribution >= 4 is 23.4 Å². The Morgan fingerprint density at radius 1 is 1.24 bits per heavy atom. The van der Waals surface area contributed by atoms with Gasteiger partial charge in [0.25, 0.3) is 0 Å². The number of hydrogen-bond donors (Lipinski definition) is 1. The monoisotopic (exact) mass is 303 g/mol. The Hall–Kier alpha value is -2.07. The van der Waals surface area contributed by atoms with Gasteiger partial charge < -0.3 is 9.67 Å². The number of aliphatic carboxylic acids is 1. The van der Waals surface area contributed by atoms with E-state index in [0.29, 0.717) is 34.9 Å². The number of carbonyl (C=O) groups is 2. The molecule has 0 spiro atoms. The van der Waals surface area contributed by atoms with Crippen LogP contribution < -0.4 is 0 Å². The van der Waals surface area contributed by atoms with E-state index in [-0.39, 0.29) is 5.78 Å². The summed E-state index contributed by atoms with van der Waals surface area (Å²) in [5.74, 6) is -1.50. The standard InChI is InChI=1S/C16H14ClNO3/c17-11-4-1-3-10(9-11)15(19)14-7-6-13-12(16(20)21)5-2-8-18(13)14/h1,3-4,6-7,9,12H,2,5,8H2,(H,20,21). The lowest BCUT2D eigenvalue weighted by molar-refractivity contribution is -0.139. The highest BCUT2D eigenvalue weighted by Crippen LogP contribution is 2.30. The summed E-state index contributed by atoms with van der Waals surface area (Å²) >= 11 is 5.92. The highest BCUT2D eigenvalue weighted by Gasteiger charge is 2.29. The molecule has 108 valence electrons. The lowest BCUT2D eigenvalue weighted by Crippen LogP contribution is -2.23. The molecule has 0 fully saturated rings. The molecule has 1 atom stereocenters. The van der Waals surface area contributed by atoms with E-state index in [1.807, 2.05) is 4.57 Å². The van der Waals surface area contributed by atoms with Crippen LogP contribution in [0.4, 0.5) is 0 Å². The molecule has 4 nitrogen and oxygen atoms in total. The quantitative estimate of drug-likeness (QED) is 0.885. The van der Waals surface area contributed by atoms with Gasteiger partial charge in [-0.3, -0.25) is 9.59 Å². The summed E-state index contributed by atoms with van der Waals surface area (Å²) in [4.78, 5) is 23.9. The van der Waals surface area contributed by atoms with E-state index in [1.54, 1.807) is 36.4 Å². The van der Waals surface area contributed by atoms with Crippen molar-refractivity contribution in [1.29, 1.82) is 0 Å². The molecule has 0 bridgehead atoms. The van der Waals surface area contributed by atoms with Gasteiger partial charge in [-0.1, -0.05) is 23.7 Å². The molecular formula is C16H14ClNO3. The van der Waals surface area contributed by atoms with Gasteiger partial charge in [0, 0.05) is 22.8 Å². The van der Waals surface area contributed by atoms with Crippen LogP contribution in [-0.2, 0) is 11.3 Å². The number of hydrogen-bond acceptors (Lipinski definition) is 2. The van der Waals surface area contributed by atoms with E-state index < -0.39 is 11.9 Å². The lowest BCUT2D eigenvalue weighted by Gasteiger charge is -2.23. The van der Waals surface area contributed by atoms with Crippen LogP contribution in [0.3, 0.4) is 0 Å². The number of benzene rings is 1. The zero-order valence-electron chi connectivity index (χ0n) is 11.3. The summed E-state index contributed by atoms with van der Waals surface area (Å²) in [5, 5.41) is 9.78. The topological polar surface area (TPSA) is 59.3 Å². The maximum Gasteiger partial charge on any atom is 0.312 e. The van der Waals surface area contributed by atoms with Gasteiger partial charge in [-0.2, -0.15) is 0 Å². The Morgan fingerprint density at radius 3 is 2.76 bits per heavy atom. The summed E-state index contributed by atoms with van der Waals surface area (Å²) in [6, 6.07) is 10.2. The number of carboxylic acids is 1. The van der Waals surface area contributed by atoms with E-state index in [2.05, 4.69) is 0 Å². The van der Waals surface area contributed by atoms with Crippen molar-refractivity contribution in [2.45, 2.75) is 25.3 Å². The van der Waals surface area contributed by atoms with Crippen LogP contribution in [0.2, 0.25) is 5.02 Å². The van der Waals surface area contributed by atoms with E-state index >= 15 is 0 Å². The van der Waals surface area contributed by atoms with Crippen LogP contribution in [0.5, 0.6) is 0 Å². The van der Waals surface area contributed by atoms with Crippen LogP contribution in [0, 0.1) is 0 Å². The second-order valence-electron chi connectivity index (χ2n) is 5.17. The van der Waals surface area contributed by atoms with Gasteiger partial charge in [0.05, 0.1) is 11.6 Å². The normalized spacial score (nSPS) is 17.3. The van der Waals surface area contributed by atoms with E-state index in [0.717, 1.165) is 6.42 Å². The molecule has 1 aliphatic rings. The number of nitrogens with zero attached hydrogens (tertiary/aromatic N) is 1. The molecule has 3 rings (SSSR count). The summed E-state index contributed by atoms with van der Waals surface area (Å²) in [6.45, 7) is 0.674. The maximum absolute atomic E-state index is 12.6. The Labute approximate surface area is 127 Å². The largest absolute Gasteiger partial charge is 0.481 e. The minimum Gasteiger partial charge on any atom is -0.481 e. The fraction of sp³-hybridized carbons (Fsp3) is 0.250. The summed E-state index contributed by atoms with van der Waals surface area (Å²) < 4.78 is 1.82. The number of halogens is 1. The van der Waals surface area contributed by atoms with Gasteiger partial charge in [0.2, 0.25) is 5.78 Å². The van der Waals surface area contributed by atoms with Crippen molar-refractivity contribution in [3.8, 4) is 0 Å². The van der Waals surface area contributed by atoms with Gasteiger partial charge in [-0.05, 0) is 37.1 Å². The second kappa shape index (κ2) is 5.37. The van der Waals surface area contributed by atoms with Gasteiger partial charge >= 0.3 is 5.97 Å². The highest BCUT2D eigenvalue weighted by atomic mass is 35.5. The first kappa shape index (κ1) is 13.9. The molecule has 0 saturated heterocycles. The molecular weight excluding hydrogens is 290 g/mol. The molecule has 2 heterocycles. The molecule has 1 aliphatic heterocycles. The van der Waals surface area contributed by atoms with Crippen LogP contribution in [0.25, 0.3) is 0 Å². The Bertz CT molecular complexity index is 720. The molecule has 1 aromatic carbocycles. The summed E-state index contributed by atoms with van der Waals surface area (Å²) in [7, 11) is 0. The van der Waals surface area contributed by atoms with Crippen molar-refractivity contribution in [2.24, 2.45) is 0 Å². The molecule has 1 unspecified atom stereocenters. The molecule has 21 heavy (non-hydrogen) atoms. The fourth-order valence-corrected chi connectivity index (χ4v) is 3.05. The second-order valence-corrected chi connectivity index (χ2v) is 5.60.